The molecular weight excluding hydrogens is 224 g/mol. The lowest BCUT2D eigenvalue weighted by molar-refractivity contribution is 0.0340. The average molecular weight is 248 g/mol. The van der Waals surface area contributed by atoms with E-state index in [4.69, 9.17) is 4.74 Å². The zero-order chi connectivity index (χ0) is 12.6. The highest BCUT2D eigenvalue weighted by Crippen LogP contribution is 2.12. The number of benzene rings is 1. The maximum Gasteiger partial charge on any atom is 0.0594 e. The van der Waals surface area contributed by atoms with E-state index >= 15 is 0 Å². The lowest BCUT2D eigenvalue weighted by Gasteiger charge is -2.27. The third kappa shape index (κ3) is 4.09. The molecule has 0 saturated carbocycles. The van der Waals surface area contributed by atoms with E-state index in [0.717, 1.165) is 45.9 Å². The van der Waals surface area contributed by atoms with Crippen LogP contribution in [0.1, 0.15) is 24.5 Å². The molecule has 3 nitrogen and oxygen atoms in total. The molecule has 1 aliphatic rings. The van der Waals surface area contributed by atoms with Crippen molar-refractivity contribution < 1.29 is 4.74 Å². The monoisotopic (exact) mass is 248 g/mol. The molecule has 18 heavy (non-hydrogen) atoms. The zero-order valence-electron chi connectivity index (χ0n) is 11.3. The predicted molar refractivity (Wildman–Crippen MR) is 74.5 cm³/mol. The van der Waals surface area contributed by atoms with Crippen molar-refractivity contribution in [2.45, 2.75) is 26.4 Å². The minimum atomic E-state index is 0.871. The molecule has 1 aromatic carbocycles. The Labute approximate surface area is 110 Å². The van der Waals surface area contributed by atoms with Gasteiger partial charge in [0.05, 0.1) is 13.2 Å². The summed E-state index contributed by atoms with van der Waals surface area (Å²) in [5.74, 6) is 0. The van der Waals surface area contributed by atoms with Crippen molar-refractivity contribution in [1.82, 2.24) is 10.2 Å². The van der Waals surface area contributed by atoms with Crippen LogP contribution in [-0.4, -0.2) is 37.7 Å². The van der Waals surface area contributed by atoms with Gasteiger partial charge in [0.2, 0.25) is 0 Å². The first-order valence-corrected chi connectivity index (χ1v) is 6.97. The number of rotatable bonds is 6. The molecule has 0 aliphatic carbocycles. The summed E-state index contributed by atoms with van der Waals surface area (Å²) in [6, 6.07) is 8.75. The summed E-state index contributed by atoms with van der Waals surface area (Å²) in [4.78, 5) is 2.47. The Balaban J connectivity index is 1.93. The summed E-state index contributed by atoms with van der Waals surface area (Å²) in [7, 11) is 0. The van der Waals surface area contributed by atoms with Crippen LogP contribution in [0.15, 0.2) is 24.3 Å². The lowest BCUT2D eigenvalue weighted by Crippen LogP contribution is -2.36. The summed E-state index contributed by atoms with van der Waals surface area (Å²) in [6.07, 6.45) is 1.19. The molecule has 0 radical (unpaired) electrons. The molecule has 2 rings (SSSR count). The van der Waals surface area contributed by atoms with Crippen molar-refractivity contribution in [3.05, 3.63) is 35.4 Å². The van der Waals surface area contributed by atoms with Gasteiger partial charge in [-0.3, -0.25) is 4.90 Å². The number of morpholine rings is 1. The largest absolute Gasteiger partial charge is 0.379 e. The van der Waals surface area contributed by atoms with E-state index < -0.39 is 0 Å². The molecule has 0 spiro atoms. The van der Waals surface area contributed by atoms with Crippen molar-refractivity contribution in [3.63, 3.8) is 0 Å². The first kappa shape index (κ1) is 13.5. The minimum absolute atomic E-state index is 0.871. The Hall–Kier alpha value is -0.900. The molecule has 0 bridgehead atoms. The van der Waals surface area contributed by atoms with Gasteiger partial charge in [-0.2, -0.15) is 0 Å². The Morgan fingerprint density at radius 1 is 1.17 bits per heavy atom. The molecule has 1 fully saturated rings. The van der Waals surface area contributed by atoms with Gasteiger partial charge in [0, 0.05) is 26.2 Å². The summed E-state index contributed by atoms with van der Waals surface area (Å²) < 4.78 is 5.39. The third-order valence-corrected chi connectivity index (χ3v) is 3.36. The van der Waals surface area contributed by atoms with Crippen LogP contribution in [0.2, 0.25) is 0 Å². The van der Waals surface area contributed by atoms with Crippen LogP contribution in [0, 0.1) is 0 Å². The first-order valence-electron chi connectivity index (χ1n) is 6.97. The van der Waals surface area contributed by atoms with Gasteiger partial charge >= 0.3 is 0 Å². The van der Waals surface area contributed by atoms with Crippen molar-refractivity contribution in [2.75, 3.05) is 32.8 Å². The second kappa shape index (κ2) is 7.52. The first-order chi connectivity index (χ1) is 8.90. The van der Waals surface area contributed by atoms with Crippen molar-refractivity contribution >= 4 is 0 Å². The van der Waals surface area contributed by atoms with Crippen molar-refractivity contribution in [3.8, 4) is 0 Å². The fourth-order valence-corrected chi connectivity index (χ4v) is 2.28. The summed E-state index contributed by atoms with van der Waals surface area (Å²) in [5, 5.41) is 3.49. The molecule has 0 amide bonds. The van der Waals surface area contributed by atoms with Gasteiger partial charge in [0.25, 0.3) is 0 Å². The van der Waals surface area contributed by atoms with Crippen molar-refractivity contribution in [1.29, 1.82) is 0 Å². The van der Waals surface area contributed by atoms with Gasteiger partial charge in [0.1, 0.15) is 0 Å². The van der Waals surface area contributed by atoms with Crippen LogP contribution in [-0.2, 0) is 17.8 Å². The summed E-state index contributed by atoms with van der Waals surface area (Å²) in [6.45, 7) is 9.17. The van der Waals surface area contributed by atoms with Gasteiger partial charge in [-0.1, -0.05) is 31.2 Å². The maximum atomic E-state index is 5.39. The quantitative estimate of drug-likeness (QED) is 0.780. The summed E-state index contributed by atoms with van der Waals surface area (Å²) in [5.41, 5.74) is 2.88. The Morgan fingerprint density at radius 2 is 1.89 bits per heavy atom. The van der Waals surface area contributed by atoms with Crippen molar-refractivity contribution in [2.24, 2.45) is 0 Å². The Bertz CT molecular complexity index is 348. The zero-order valence-corrected chi connectivity index (χ0v) is 11.3. The topological polar surface area (TPSA) is 24.5 Å². The SMILES string of the molecule is CCCNCc1ccccc1CN1CCOCC1. The van der Waals surface area contributed by atoms with Crippen LogP contribution >= 0.6 is 0 Å². The van der Waals surface area contributed by atoms with Crippen LogP contribution in [0.4, 0.5) is 0 Å². The van der Waals surface area contributed by atoms with E-state index in [1.165, 1.54) is 17.5 Å². The highest BCUT2D eigenvalue weighted by molar-refractivity contribution is 5.27. The minimum Gasteiger partial charge on any atom is -0.379 e. The number of hydrogen-bond acceptors (Lipinski definition) is 3. The average Bonchev–Trinajstić information content (AvgIpc) is 2.42. The molecule has 0 unspecified atom stereocenters. The highest BCUT2D eigenvalue weighted by atomic mass is 16.5. The molecule has 100 valence electrons. The fourth-order valence-electron chi connectivity index (χ4n) is 2.28. The number of hydrogen-bond donors (Lipinski definition) is 1. The van der Waals surface area contributed by atoms with E-state index in [1.807, 2.05) is 0 Å². The molecular formula is C15H24N2O. The molecule has 1 aromatic rings. The molecule has 0 atom stereocenters. The smallest absolute Gasteiger partial charge is 0.0594 e. The predicted octanol–water partition coefficient (Wildman–Crippen LogP) is 2.02. The molecule has 3 heteroatoms. The second-order valence-electron chi connectivity index (χ2n) is 4.83. The van der Waals surface area contributed by atoms with Crippen LogP contribution in [0.25, 0.3) is 0 Å². The lowest BCUT2D eigenvalue weighted by atomic mass is 10.1. The van der Waals surface area contributed by atoms with Crippen LogP contribution < -0.4 is 5.32 Å². The van der Waals surface area contributed by atoms with Gasteiger partial charge in [-0.25, -0.2) is 0 Å². The molecule has 1 heterocycles. The van der Waals surface area contributed by atoms with E-state index in [-0.39, 0.29) is 0 Å². The van der Waals surface area contributed by atoms with Gasteiger partial charge < -0.3 is 10.1 Å². The molecule has 1 aliphatic heterocycles. The number of nitrogens with zero attached hydrogens (tertiary/aromatic N) is 1. The Kier molecular flexibility index (Phi) is 5.65. The normalized spacial score (nSPS) is 16.9. The van der Waals surface area contributed by atoms with Gasteiger partial charge in [-0.15, -0.1) is 0 Å². The van der Waals surface area contributed by atoms with Crippen LogP contribution in [0.3, 0.4) is 0 Å². The van der Waals surface area contributed by atoms with E-state index in [0.29, 0.717) is 0 Å². The molecule has 1 saturated heterocycles. The van der Waals surface area contributed by atoms with E-state index in [9.17, 15) is 0 Å². The Morgan fingerprint density at radius 3 is 2.61 bits per heavy atom. The fraction of sp³-hybridized carbons (Fsp3) is 0.600. The standard InChI is InChI=1S/C15H24N2O/c1-2-7-16-12-14-5-3-4-6-15(14)13-17-8-10-18-11-9-17/h3-6,16H,2,7-13H2,1H3. The van der Waals surface area contributed by atoms with Crippen LogP contribution in [0.5, 0.6) is 0 Å². The third-order valence-electron chi connectivity index (χ3n) is 3.36. The van der Waals surface area contributed by atoms with Gasteiger partial charge in [-0.05, 0) is 24.1 Å². The summed E-state index contributed by atoms with van der Waals surface area (Å²) >= 11 is 0. The molecule has 0 aromatic heterocycles. The maximum absolute atomic E-state index is 5.39. The van der Waals surface area contributed by atoms with E-state index in [1.54, 1.807) is 0 Å². The second-order valence-corrected chi connectivity index (χ2v) is 4.83. The van der Waals surface area contributed by atoms with Gasteiger partial charge in [0.15, 0.2) is 0 Å². The highest BCUT2D eigenvalue weighted by Gasteiger charge is 2.12. The van der Waals surface area contributed by atoms with E-state index in [2.05, 4.69) is 41.4 Å². The molecule has 1 N–H and O–H groups in total. The number of ether oxygens (including phenoxy) is 1. The number of nitrogens with one attached hydrogen (secondary N) is 1.